The van der Waals surface area contributed by atoms with Crippen LogP contribution in [0.15, 0.2) is 34.7 Å². The Bertz CT molecular complexity index is 1030. The molecule has 2 aromatic heterocycles. The van der Waals surface area contributed by atoms with Crippen molar-refractivity contribution in [2.45, 2.75) is 4.34 Å². The topological polar surface area (TPSA) is 56.3 Å². The van der Waals surface area contributed by atoms with Gasteiger partial charge in [-0.3, -0.25) is 0 Å². The molecular formula is C16H11N3O2S3. The maximum atomic E-state index is 5.42. The number of hydrogen-bond acceptors (Lipinski definition) is 8. The maximum Gasteiger partial charge on any atom is 0.231 e. The summed E-state index contributed by atoms with van der Waals surface area (Å²) in [5.74, 6) is 1.54. The Kier molecular flexibility index (Phi) is 3.29. The number of benzene rings is 2. The molecule has 0 spiro atoms. The summed E-state index contributed by atoms with van der Waals surface area (Å²) in [6.07, 6.45) is 2.04. The summed E-state index contributed by atoms with van der Waals surface area (Å²) in [5.41, 5.74) is 2.96. The number of nitrogens with one attached hydrogen (secondary N) is 1. The molecule has 1 N–H and O–H groups in total. The lowest BCUT2D eigenvalue weighted by molar-refractivity contribution is 0.174. The first kappa shape index (κ1) is 14.3. The van der Waals surface area contributed by atoms with Gasteiger partial charge in [-0.15, -0.1) is 11.3 Å². The van der Waals surface area contributed by atoms with Gasteiger partial charge in [0.05, 0.1) is 20.4 Å². The summed E-state index contributed by atoms with van der Waals surface area (Å²) in [7, 11) is 0. The van der Waals surface area contributed by atoms with E-state index in [-0.39, 0.29) is 6.79 Å². The standard InChI is InChI=1S/C16H11N3O2S3/c1-22-16-19-9-3-2-8(4-13(9)24-16)17-15-18-10-5-11-12(21-7-20-11)6-14(10)23-15/h2-6H,7H2,1H3,(H,17,18). The summed E-state index contributed by atoms with van der Waals surface area (Å²) in [5, 5.41) is 4.24. The SMILES string of the molecule is CSc1nc2ccc(Nc3nc4cc5c(cc4s3)OCO5)cc2s1. The fourth-order valence-corrected chi connectivity index (χ4v) is 4.99. The highest BCUT2D eigenvalue weighted by Crippen LogP contribution is 2.39. The van der Waals surface area contributed by atoms with Crippen LogP contribution < -0.4 is 14.8 Å². The molecule has 0 fully saturated rings. The smallest absolute Gasteiger partial charge is 0.231 e. The van der Waals surface area contributed by atoms with Crippen LogP contribution in [0.5, 0.6) is 11.5 Å². The molecule has 120 valence electrons. The van der Waals surface area contributed by atoms with E-state index < -0.39 is 0 Å². The van der Waals surface area contributed by atoms with Crippen LogP contribution in [0.3, 0.4) is 0 Å². The Morgan fingerprint density at radius 1 is 1.00 bits per heavy atom. The molecule has 5 nitrogen and oxygen atoms in total. The summed E-state index contributed by atoms with van der Waals surface area (Å²) in [6, 6.07) is 10.1. The molecule has 0 amide bonds. The molecular weight excluding hydrogens is 362 g/mol. The average molecular weight is 373 g/mol. The summed E-state index contributed by atoms with van der Waals surface area (Å²) >= 11 is 4.97. The second-order valence-corrected chi connectivity index (χ2v) is 8.30. The molecule has 0 saturated carbocycles. The molecule has 1 aliphatic heterocycles. The van der Waals surface area contributed by atoms with Gasteiger partial charge in [-0.25, -0.2) is 9.97 Å². The van der Waals surface area contributed by atoms with Crippen molar-refractivity contribution in [3.05, 3.63) is 30.3 Å². The van der Waals surface area contributed by atoms with Crippen molar-refractivity contribution in [2.75, 3.05) is 18.4 Å². The Morgan fingerprint density at radius 2 is 1.83 bits per heavy atom. The molecule has 0 aliphatic carbocycles. The number of fused-ring (bicyclic) bond motifs is 3. The van der Waals surface area contributed by atoms with Crippen LogP contribution in [0.4, 0.5) is 10.8 Å². The molecule has 0 bridgehead atoms. The normalized spacial score (nSPS) is 13.0. The van der Waals surface area contributed by atoms with Gasteiger partial charge in [0, 0.05) is 17.8 Å². The highest BCUT2D eigenvalue weighted by molar-refractivity contribution is 8.00. The zero-order valence-electron chi connectivity index (χ0n) is 12.5. The van der Waals surface area contributed by atoms with E-state index in [2.05, 4.69) is 21.4 Å². The Morgan fingerprint density at radius 3 is 2.71 bits per heavy atom. The van der Waals surface area contributed by atoms with Gasteiger partial charge >= 0.3 is 0 Å². The second-order valence-electron chi connectivity index (χ2n) is 5.18. The Labute approximate surface area is 149 Å². The van der Waals surface area contributed by atoms with Gasteiger partial charge in [0.15, 0.2) is 21.0 Å². The van der Waals surface area contributed by atoms with E-state index in [9.17, 15) is 0 Å². The van der Waals surface area contributed by atoms with Gasteiger partial charge in [0.1, 0.15) is 0 Å². The molecule has 8 heteroatoms. The number of nitrogens with zero attached hydrogens (tertiary/aromatic N) is 2. The van der Waals surface area contributed by atoms with Crippen LogP contribution in [0, 0.1) is 0 Å². The highest BCUT2D eigenvalue weighted by atomic mass is 32.2. The van der Waals surface area contributed by atoms with Crippen LogP contribution in [0.2, 0.25) is 0 Å². The number of rotatable bonds is 3. The van der Waals surface area contributed by atoms with Crippen LogP contribution >= 0.6 is 34.4 Å². The lowest BCUT2D eigenvalue weighted by atomic mass is 10.3. The van der Waals surface area contributed by atoms with E-state index in [4.69, 9.17) is 9.47 Å². The van der Waals surface area contributed by atoms with Crippen molar-refractivity contribution in [3.8, 4) is 11.5 Å². The van der Waals surface area contributed by atoms with Gasteiger partial charge in [0.2, 0.25) is 6.79 Å². The van der Waals surface area contributed by atoms with E-state index in [0.717, 1.165) is 42.4 Å². The second kappa shape index (κ2) is 5.51. The fourth-order valence-electron chi connectivity index (χ4n) is 2.56. The molecule has 5 rings (SSSR count). The summed E-state index contributed by atoms with van der Waals surface area (Å²) < 4.78 is 14.2. The first-order valence-corrected chi connectivity index (χ1v) is 10.1. The quantitative estimate of drug-likeness (QED) is 0.504. The molecule has 1 aliphatic rings. The van der Waals surface area contributed by atoms with Crippen LogP contribution in [0.1, 0.15) is 0 Å². The van der Waals surface area contributed by atoms with Crippen molar-refractivity contribution in [3.63, 3.8) is 0 Å². The van der Waals surface area contributed by atoms with Crippen molar-refractivity contribution < 1.29 is 9.47 Å². The van der Waals surface area contributed by atoms with Crippen LogP contribution in [0.25, 0.3) is 20.4 Å². The van der Waals surface area contributed by atoms with Crippen LogP contribution in [-0.2, 0) is 0 Å². The average Bonchev–Trinajstić information content (AvgIpc) is 3.28. The van der Waals surface area contributed by atoms with E-state index >= 15 is 0 Å². The summed E-state index contributed by atoms with van der Waals surface area (Å²) in [4.78, 5) is 9.20. The van der Waals surface area contributed by atoms with Gasteiger partial charge in [-0.05, 0) is 24.5 Å². The van der Waals surface area contributed by atoms with Gasteiger partial charge in [-0.2, -0.15) is 0 Å². The molecule has 0 atom stereocenters. The zero-order valence-corrected chi connectivity index (χ0v) is 15.0. The lowest BCUT2D eigenvalue weighted by Gasteiger charge is -2.01. The largest absolute Gasteiger partial charge is 0.454 e. The van der Waals surface area contributed by atoms with Crippen molar-refractivity contribution in [1.82, 2.24) is 9.97 Å². The fraction of sp³-hybridized carbons (Fsp3) is 0.125. The summed E-state index contributed by atoms with van der Waals surface area (Å²) in [6.45, 7) is 0.282. The minimum absolute atomic E-state index is 0.282. The molecule has 3 heterocycles. The molecule has 24 heavy (non-hydrogen) atoms. The van der Waals surface area contributed by atoms with E-state index in [1.807, 2.05) is 30.5 Å². The molecule has 0 radical (unpaired) electrons. The number of hydrogen-bond donors (Lipinski definition) is 1. The first-order chi connectivity index (χ1) is 11.8. The predicted molar refractivity (Wildman–Crippen MR) is 100 cm³/mol. The van der Waals surface area contributed by atoms with Gasteiger partial charge in [0.25, 0.3) is 0 Å². The third-order valence-corrected chi connectivity index (χ3v) is 6.61. The number of ether oxygens (including phenoxy) is 2. The first-order valence-electron chi connectivity index (χ1n) is 7.20. The highest BCUT2D eigenvalue weighted by Gasteiger charge is 2.16. The van der Waals surface area contributed by atoms with E-state index in [0.29, 0.717) is 0 Å². The maximum absolute atomic E-state index is 5.42. The molecule has 0 saturated heterocycles. The third kappa shape index (κ3) is 2.38. The number of anilines is 2. The van der Waals surface area contributed by atoms with Crippen molar-refractivity contribution >= 4 is 65.7 Å². The van der Waals surface area contributed by atoms with Crippen LogP contribution in [-0.4, -0.2) is 23.0 Å². The molecule has 2 aromatic carbocycles. The predicted octanol–water partition coefficient (Wildman–Crippen LogP) is 5.10. The van der Waals surface area contributed by atoms with E-state index in [1.165, 1.54) is 4.70 Å². The Hall–Kier alpha value is -2.03. The number of thioether (sulfide) groups is 1. The molecule has 0 unspecified atom stereocenters. The van der Waals surface area contributed by atoms with Gasteiger partial charge in [-0.1, -0.05) is 23.1 Å². The van der Waals surface area contributed by atoms with Crippen molar-refractivity contribution in [1.29, 1.82) is 0 Å². The lowest BCUT2D eigenvalue weighted by Crippen LogP contribution is -1.92. The number of thiazole rings is 2. The Balaban J connectivity index is 1.49. The van der Waals surface area contributed by atoms with Gasteiger partial charge < -0.3 is 14.8 Å². The molecule has 4 aromatic rings. The number of aromatic nitrogens is 2. The minimum Gasteiger partial charge on any atom is -0.454 e. The minimum atomic E-state index is 0.282. The third-order valence-electron chi connectivity index (χ3n) is 3.68. The zero-order chi connectivity index (χ0) is 16.1. The van der Waals surface area contributed by atoms with Crippen molar-refractivity contribution in [2.24, 2.45) is 0 Å². The monoisotopic (exact) mass is 373 g/mol. The van der Waals surface area contributed by atoms with E-state index in [1.54, 1.807) is 34.4 Å².